The van der Waals surface area contributed by atoms with Gasteiger partial charge in [-0.1, -0.05) is 20.8 Å². The molecule has 1 N–H and O–H groups in total. The van der Waals surface area contributed by atoms with Crippen molar-refractivity contribution in [1.29, 1.82) is 0 Å². The Hall–Kier alpha value is -0.120. The van der Waals surface area contributed by atoms with Crippen LogP contribution >= 0.6 is 0 Å². The predicted molar refractivity (Wildman–Crippen MR) is 69.1 cm³/mol. The fraction of sp³-hybridized carbons (Fsp3) is 1.00. The van der Waals surface area contributed by atoms with E-state index in [4.69, 9.17) is 9.47 Å². The van der Waals surface area contributed by atoms with Gasteiger partial charge in [-0.2, -0.15) is 0 Å². The zero-order valence-electron chi connectivity index (χ0n) is 11.8. The van der Waals surface area contributed by atoms with Crippen LogP contribution in [0.3, 0.4) is 0 Å². The van der Waals surface area contributed by atoms with Crippen LogP contribution in [0.1, 0.15) is 53.4 Å². The summed E-state index contributed by atoms with van der Waals surface area (Å²) >= 11 is 0. The third kappa shape index (κ3) is 4.57. The minimum atomic E-state index is -0.370. The predicted octanol–water partition coefficient (Wildman–Crippen LogP) is 2.76. The number of ether oxygens (including phenoxy) is 2. The highest BCUT2D eigenvalue weighted by atomic mass is 16.5. The Labute approximate surface area is 105 Å². The van der Waals surface area contributed by atoms with Crippen molar-refractivity contribution in [3.63, 3.8) is 0 Å². The Morgan fingerprint density at radius 1 is 1.29 bits per heavy atom. The average molecular weight is 244 g/mol. The normalized spacial score (nSPS) is 22.4. The molecule has 0 aromatic carbocycles. The third-order valence-electron chi connectivity index (χ3n) is 3.55. The van der Waals surface area contributed by atoms with Crippen LogP contribution in [0, 0.1) is 5.41 Å². The second-order valence-electron chi connectivity index (χ2n) is 6.23. The topological polar surface area (TPSA) is 38.7 Å². The zero-order chi connectivity index (χ0) is 12.9. The van der Waals surface area contributed by atoms with Gasteiger partial charge in [-0.05, 0) is 25.2 Å². The highest BCUT2D eigenvalue weighted by Crippen LogP contribution is 2.33. The van der Waals surface area contributed by atoms with Crippen molar-refractivity contribution in [3.05, 3.63) is 0 Å². The maximum atomic E-state index is 10.4. The Morgan fingerprint density at radius 2 is 1.88 bits per heavy atom. The van der Waals surface area contributed by atoms with Crippen LogP contribution in [0.15, 0.2) is 0 Å². The Balaban J connectivity index is 2.56. The van der Waals surface area contributed by atoms with E-state index in [1.54, 1.807) is 0 Å². The van der Waals surface area contributed by atoms with E-state index in [-0.39, 0.29) is 17.1 Å². The Kier molecular flexibility index (Phi) is 5.42. The second kappa shape index (κ2) is 6.17. The van der Waals surface area contributed by atoms with E-state index < -0.39 is 0 Å². The summed E-state index contributed by atoms with van der Waals surface area (Å²) in [5.41, 5.74) is -0.0994. The van der Waals surface area contributed by atoms with E-state index in [9.17, 15) is 5.11 Å². The van der Waals surface area contributed by atoms with E-state index in [0.717, 1.165) is 25.7 Å². The molecule has 1 aliphatic heterocycles. The second-order valence-corrected chi connectivity index (χ2v) is 6.23. The summed E-state index contributed by atoms with van der Waals surface area (Å²) in [6.07, 6.45) is 3.08. The van der Waals surface area contributed by atoms with Gasteiger partial charge in [0.05, 0.1) is 11.7 Å². The van der Waals surface area contributed by atoms with Crippen LogP contribution in [-0.4, -0.2) is 36.6 Å². The third-order valence-corrected chi connectivity index (χ3v) is 3.55. The fourth-order valence-electron chi connectivity index (χ4n) is 2.41. The van der Waals surface area contributed by atoms with Gasteiger partial charge in [0.2, 0.25) is 0 Å². The molecule has 0 aromatic heterocycles. The van der Waals surface area contributed by atoms with Gasteiger partial charge in [-0.3, -0.25) is 0 Å². The molecule has 1 heterocycles. The van der Waals surface area contributed by atoms with E-state index >= 15 is 0 Å². The molecule has 3 nitrogen and oxygen atoms in total. The summed E-state index contributed by atoms with van der Waals surface area (Å²) in [4.78, 5) is 0. The number of aliphatic hydroxyl groups is 1. The lowest BCUT2D eigenvalue weighted by Crippen LogP contribution is -2.49. The Morgan fingerprint density at radius 3 is 2.35 bits per heavy atom. The van der Waals surface area contributed by atoms with Gasteiger partial charge in [0.15, 0.2) is 0 Å². The van der Waals surface area contributed by atoms with Crippen LogP contribution < -0.4 is 0 Å². The van der Waals surface area contributed by atoms with Crippen LogP contribution in [-0.2, 0) is 9.47 Å². The molecular formula is C14H28O3. The van der Waals surface area contributed by atoms with Gasteiger partial charge in [-0.15, -0.1) is 0 Å². The lowest BCUT2D eigenvalue weighted by atomic mass is 9.81. The molecule has 0 bridgehead atoms. The molecule has 0 aliphatic carbocycles. The van der Waals surface area contributed by atoms with Crippen molar-refractivity contribution in [2.45, 2.75) is 65.1 Å². The molecule has 0 spiro atoms. The number of aliphatic hydroxyl groups excluding tert-OH is 1. The molecule has 3 heteroatoms. The molecular weight excluding hydrogens is 216 g/mol. The summed E-state index contributed by atoms with van der Waals surface area (Å²) in [6, 6.07) is 0. The van der Waals surface area contributed by atoms with Gasteiger partial charge in [-0.25, -0.2) is 0 Å². The quantitative estimate of drug-likeness (QED) is 0.808. The molecule has 1 rings (SSSR count). The molecule has 0 aromatic rings. The Bertz CT molecular complexity index is 208. The monoisotopic (exact) mass is 244 g/mol. The van der Waals surface area contributed by atoms with Crippen molar-refractivity contribution >= 4 is 0 Å². The van der Waals surface area contributed by atoms with Crippen LogP contribution in [0.4, 0.5) is 0 Å². The standard InChI is InChI=1S/C14H28O3/c1-5-17-14(8-10-16-11-9-14)12(15)6-7-13(2,3)4/h12,15H,5-11H2,1-4H3. The van der Waals surface area contributed by atoms with Gasteiger partial charge in [0.25, 0.3) is 0 Å². The summed E-state index contributed by atoms with van der Waals surface area (Å²) in [6.45, 7) is 10.7. The summed E-state index contributed by atoms with van der Waals surface area (Å²) in [7, 11) is 0. The van der Waals surface area contributed by atoms with Gasteiger partial charge < -0.3 is 14.6 Å². The summed E-state index contributed by atoms with van der Waals surface area (Å²) in [5, 5.41) is 10.4. The first-order chi connectivity index (χ1) is 7.90. The minimum Gasteiger partial charge on any atom is -0.390 e. The minimum absolute atomic E-state index is 0.263. The van der Waals surface area contributed by atoms with E-state index in [2.05, 4.69) is 20.8 Å². The largest absolute Gasteiger partial charge is 0.390 e. The molecule has 17 heavy (non-hydrogen) atoms. The number of hydrogen-bond donors (Lipinski definition) is 1. The SMILES string of the molecule is CCOC1(C(O)CCC(C)(C)C)CCOCC1. The maximum Gasteiger partial charge on any atom is 0.0983 e. The molecule has 1 atom stereocenters. The van der Waals surface area contributed by atoms with Crippen molar-refractivity contribution < 1.29 is 14.6 Å². The van der Waals surface area contributed by atoms with Gasteiger partial charge in [0, 0.05) is 32.7 Å². The summed E-state index contributed by atoms with van der Waals surface area (Å²) in [5.74, 6) is 0. The first-order valence-corrected chi connectivity index (χ1v) is 6.79. The van der Waals surface area contributed by atoms with Crippen molar-refractivity contribution in [2.75, 3.05) is 19.8 Å². The molecule has 1 fully saturated rings. The molecule has 0 radical (unpaired) electrons. The average Bonchev–Trinajstić information content (AvgIpc) is 2.26. The summed E-state index contributed by atoms with van der Waals surface area (Å²) < 4.78 is 11.2. The number of rotatable bonds is 5. The van der Waals surface area contributed by atoms with Crippen LogP contribution in [0.5, 0.6) is 0 Å². The maximum absolute atomic E-state index is 10.4. The van der Waals surface area contributed by atoms with Gasteiger partial charge in [0.1, 0.15) is 0 Å². The van der Waals surface area contributed by atoms with Gasteiger partial charge >= 0.3 is 0 Å². The molecule has 1 unspecified atom stereocenters. The van der Waals surface area contributed by atoms with E-state index in [1.807, 2.05) is 6.92 Å². The molecule has 1 saturated heterocycles. The lowest BCUT2D eigenvalue weighted by molar-refractivity contribution is -0.168. The fourth-order valence-corrected chi connectivity index (χ4v) is 2.41. The number of hydrogen-bond acceptors (Lipinski definition) is 3. The highest BCUT2D eigenvalue weighted by molar-refractivity contribution is 4.91. The van der Waals surface area contributed by atoms with Crippen molar-refractivity contribution in [3.8, 4) is 0 Å². The van der Waals surface area contributed by atoms with E-state index in [0.29, 0.717) is 19.8 Å². The molecule has 0 saturated carbocycles. The van der Waals surface area contributed by atoms with Crippen molar-refractivity contribution in [2.24, 2.45) is 5.41 Å². The molecule has 102 valence electrons. The first-order valence-electron chi connectivity index (χ1n) is 6.79. The zero-order valence-corrected chi connectivity index (χ0v) is 11.8. The lowest BCUT2D eigenvalue weighted by Gasteiger charge is -2.41. The smallest absolute Gasteiger partial charge is 0.0983 e. The van der Waals surface area contributed by atoms with E-state index in [1.165, 1.54) is 0 Å². The molecule has 0 amide bonds. The van der Waals surface area contributed by atoms with Crippen LogP contribution in [0.25, 0.3) is 0 Å². The highest BCUT2D eigenvalue weighted by Gasteiger charge is 2.40. The van der Waals surface area contributed by atoms with Crippen LogP contribution in [0.2, 0.25) is 0 Å². The molecule has 1 aliphatic rings. The first kappa shape index (κ1) is 14.9. The van der Waals surface area contributed by atoms with Crippen molar-refractivity contribution in [1.82, 2.24) is 0 Å².